The highest BCUT2D eigenvalue weighted by atomic mass is 19.4. The molecular weight excluding hydrogens is 475 g/mol. The molecule has 0 radical (unpaired) electrons. The van der Waals surface area contributed by atoms with E-state index < -0.39 is 41.5 Å². The van der Waals surface area contributed by atoms with E-state index in [2.05, 4.69) is 5.32 Å². The van der Waals surface area contributed by atoms with Crippen LogP contribution in [0.2, 0.25) is 0 Å². The summed E-state index contributed by atoms with van der Waals surface area (Å²) < 4.78 is 46.7. The van der Waals surface area contributed by atoms with Gasteiger partial charge in [-0.25, -0.2) is 0 Å². The van der Waals surface area contributed by atoms with Crippen LogP contribution < -0.4 is 10.1 Å². The third-order valence-corrected chi connectivity index (χ3v) is 5.33. The molecule has 0 aliphatic carbocycles. The predicted molar refractivity (Wildman–Crippen MR) is 122 cm³/mol. The maximum Gasteiger partial charge on any atom is 0.417 e. The number of amides is 1. The maximum atomic E-state index is 13.6. The fraction of sp³-hybridized carbons (Fsp3) is 0.192. The van der Waals surface area contributed by atoms with E-state index in [0.717, 1.165) is 6.07 Å². The van der Waals surface area contributed by atoms with Crippen LogP contribution in [0.5, 0.6) is 11.5 Å². The highest BCUT2D eigenvalue weighted by Crippen LogP contribution is 2.37. The molecule has 0 aliphatic heterocycles. The molecule has 0 spiro atoms. The molecule has 2 atom stereocenters. The number of hydrogen-bond donors (Lipinski definition) is 3. The van der Waals surface area contributed by atoms with E-state index in [9.17, 15) is 28.2 Å². The lowest BCUT2D eigenvalue weighted by molar-refractivity contribution is -0.138. The summed E-state index contributed by atoms with van der Waals surface area (Å²) in [5.74, 6) is -0.868. The molecule has 1 amide bonds. The van der Waals surface area contributed by atoms with Crippen LogP contribution in [0.15, 0.2) is 66.7 Å². The minimum absolute atomic E-state index is 0.0596. The lowest BCUT2D eigenvalue weighted by Gasteiger charge is -2.34. The summed E-state index contributed by atoms with van der Waals surface area (Å²) in [6.45, 7) is 0.792. The molecule has 10 heteroatoms. The van der Waals surface area contributed by atoms with Gasteiger partial charge in [-0.1, -0.05) is 18.2 Å². The Labute approximate surface area is 204 Å². The topological polar surface area (TPSA) is 126 Å². The molecule has 7 nitrogen and oxygen atoms in total. The number of aromatic hydroxyl groups is 1. The minimum atomic E-state index is -4.84. The fourth-order valence-corrected chi connectivity index (χ4v) is 3.47. The third-order valence-electron chi connectivity index (χ3n) is 5.33. The van der Waals surface area contributed by atoms with Crippen molar-refractivity contribution in [3.05, 3.63) is 94.5 Å². The lowest BCUT2D eigenvalue weighted by Crippen LogP contribution is -2.47. The number of phenolic OH excluding ortho intramolecular Hbond substituents is 1. The number of nitriles is 2. The van der Waals surface area contributed by atoms with Crippen molar-refractivity contribution >= 4 is 5.91 Å². The molecule has 36 heavy (non-hydrogen) atoms. The molecule has 0 fully saturated rings. The lowest BCUT2D eigenvalue weighted by atomic mass is 9.90. The molecule has 0 saturated carbocycles. The molecule has 3 aromatic carbocycles. The van der Waals surface area contributed by atoms with Crippen LogP contribution >= 0.6 is 0 Å². The van der Waals surface area contributed by atoms with Gasteiger partial charge in [0.1, 0.15) is 17.1 Å². The zero-order valence-electron chi connectivity index (χ0n) is 18.9. The number of nitrogens with one attached hydrogen (secondary N) is 1. The van der Waals surface area contributed by atoms with Crippen molar-refractivity contribution in [2.75, 3.05) is 6.54 Å². The van der Waals surface area contributed by atoms with Crippen LogP contribution in [-0.4, -0.2) is 28.3 Å². The van der Waals surface area contributed by atoms with Crippen LogP contribution in [-0.2, 0) is 6.18 Å². The summed E-state index contributed by atoms with van der Waals surface area (Å²) in [5, 5.41) is 41.7. The van der Waals surface area contributed by atoms with Crippen molar-refractivity contribution in [1.29, 1.82) is 10.5 Å². The summed E-state index contributed by atoms with van der Waals surface area (Å²) in [7, 11) is 0. The average molecular weight is 495 g/mol. The van der Waals surface area contributed by atoms with Gasteiger partial charge < -0.3 is 20.3 Å². The van der Waals surface area contributed by atoms with Gasteiger partial charge >= 0.3 is 6.18 Å². The van der Waals surface area contributed by atoms with Crippen molar-refractivity contribution in [3.63, 3.8) is 0 Å². The molecule has 3 aromatic rings. The molecule has 184 valence electrons. The maximum absolute atomic E-state index is 13.6. The molecule has 3 rings (SSSR count). The van der Waals surface area contributed by atoms with E-state index in [1.165, 1.54) is 67.6 Å². The van der Waals surface area contributed by atoms with E-state index in [4.69, 9.17) is 15.3 Å². The third kappa shape index (κ3) is 5.93. The van der Waals surface area contributed by atoms with Gasteiger partial charge in [0.15, 0.2) is 6.10 Å². The zero-order chi connectivity index (χ0) is 26.5. The van der Waals surface area contributed by atoms with Crippen LogP contribution in [0.3, 0.4) is 0 Å². The fourth-order valence-electron chi connectivity index (χ4n) is 3.47. The molecule has 0 aromatic heterocycles. The Balaban J connectivity index is 1.99. The summed E-state index contributed by atoms with van der Waals surface area (Å²) in [5.41, 5.74) is -3.62. The molecule has 0 unspecified atom stereocenters. The van der Waals surface area contributed by atoms with Crippen molar-refractivity contribution in [2.24, 2.45) is 0 Å². The van der Waals surface area contributed by atoms with Gasteiger partial charge in [-0.05, 0) is 61.0 Å². The first-order valence-electron chi connectivity index (χ1n) is 10.5. The van der Waals surface area contributed by atoms with Gasteiger partial charge in [0.2, 0.25) is 0 Å². The molecule has 0 saturated heterocycles. The number of carbonyl (C=O) groups is 1. The van der Waals surface area contributed by atoms with Gasteiger partial charge in [0, 0.05) is 0 Å². The first kappa shape index (κ1) is 26.1. The van der Waals surface area contributed by atoms with Gasteiger partial charge in [-0.3, -0.25) is 4.79 Å². The largest absolute Gasteiger partial charge is 0.507 e. The Bertz CT molecular complexity index is 1340. The number of halogens is 3. The number of carbonyl (C=O) groups excluding carboxylic acids is 1. The Hall–Kier alpha value is -4.54. The Morgan fingerprint density at radius 2 is 1.72 bits per heavy atom. The number of alkyl halides is 3. The number of aliphatic hydroxyl groups is 1. The standard InChI is InChI=1S/C26H20F3N3O4/c1-25(35,15-32-24(34)20-4-2-3-5-22(20)33)23(36-19-10-6-16(13-30)7-11-19)17-8-9-18(14-31)21(12-17)26(27,28)29/h2-12,23,33,35H,15H2,1H3,(H,32,34)/t23-,25-/m0/s1. The summed E-state index contributed by atoms with van der Waals surface area (Å²) >= 11 is 0. The van der Waals surface area contributed by atoms with E-state index in [0.29, 0.717) is 11.6 Å². The van der Waals surface area contributed by atoms with E-state index in [-0.39, 0.29) is 22.6 Å². The van der Waals surface area contributed by atoms with Crippen LogP contribution in [0.4, 0.5) is 13.2 Å². The zero-order valence-corrected chi connectivity index (χ0v) is 18.9. The molecule has 0 bridgehead atoms. The van der Waals surface area contributed by atoms with E-state index in [1.54, 1.807) is 0 Å². The Morgan fingerprint density at radius 1 is 1.06 bits per heavy atom. The number of phenols is 1. The SMILES string of the molecule is C[C@](O)(CNC(=O)c1ccccc1O)[C@@H](Oc1ccc(C#N)cc1)c1ccc(C#N)c(C(F)(F)F)c1. The highest BCUT2D eigenvalue weighted by Gasteiger charge is 2.39. The first-order chi connectivity index (χ1) is 17.0. The van der Waals surface area contributed by atoms with Crippen LogP contribution in [0.1, 0.15) is 45.6 Å². The van der Waals surface area contributed by atoms with E-state index >= 15 is 0 Å². The second-order valence-corrected chi connectivity index (χ2v) is 8.11. The molecule has 0 heterocycles. The predicted octanol–water partition coefficient (Wildman–Crippen LogP) is 4.46. The summed E-state index contributed by atoms with van der Waals surface area (Å²) in [6, 6.07) is 17.7. The van der Waals surface area contributed by atoms with Crippen LogP contribution in [0.25, 0.3) is 0 Å². The van der Waals surface area contributed by atoms with Gasteiger partial charge in [-0.2, -0.15) is 23.7 Å². The Kier molecular flexibility index (Phi) is 7.52. The number of nitrogens with zero attached hydrogens (tertiary/aromatic N) is 2. The van der Waals surface area contributed by atoms with Crippen LogP contribution in [0, 0.1) is 22.7 Å². The molecule has 0 aliphatic rings. The second kappa shape index (κ2) is 10.4. The van der Waals surface area contributed by atoms with Crippen molar-refractivity contribution in [1.82, 2.24) is 5.32 Å². The highest BCUT2D eigenvalue weighted by molar-refractivity contribution is 5.96. The number of para-hydroxylation sites is 1. The van der Waals surface area contributed by atoms with Gasteiger partial charge in [0.05, 0.1) is 40.9 Å². The smallest absolute Gasteiger partial charge is 0.417 e. The normalized spacial score (nSPS) is 13.5. The van der Waals surface area contributed by atoms with E-state index in [1.807, 2.05) is 6.07 Å². The van der Waals surface area contributed by atoms with Gasteiger partial charge in [-0.15, -0.1) is 0 Å². The number of hydrogen-bond acceptors (Lipinski definition) is 6. The number of ether oxygens (including phenoxy) is 1. The average Bonchev–Trinajstić information content (AvgIpc) is 2.85. The second-order valence-electron chi connectivity index (χ2n) is 8.11. The number of rotatable bonds is 7. The van der Waals surface area contributed by atoms with Crippen molar-refractivity contribution in [3.8, 4) is 23.6 Å². The first-order valence-corrected chi connectivity index (χ1v) is 10.5. The van der Waals surface area contributed by atoms with Crippen molar-refractivity contribution in [2.45, 2.75) is 24.8 Å². The summed E-state index contributed by atoms with van der Waals surface area (Å²) in [4.78, 5) is 12.5. The van der Waals surface area contributed by atoms with Crippen molar-refractivity contribution < 1.29 is 32.9 Å². The molecular formula is C26H20F3N3O4. The van der Waals surface area contributed by atoms with Gasteiger partial charge in [0.25, 0.3) is 5.91 Å². The number of benzene rings is 3. The minimum Gasteiger partial charge on any atom is -0.507 e. The molecule has 3 N–H and O–H groups in total. The Morgan fingerprint density at radius 3 is 2.31 bits per heavy atom. The quantitative estimate of drug-likeness (QED) is 0.444. The monoisotopic (exact) mass is 495 g/mol. The summed E-state index contributed by atoms with van der Waals surface area (Å²) in [6.07, 6.45) is -6.28.